The number of aromatic nitrogens is 2. The van der Waals surface area contributed by atoms with E-state index in [4.69, 9.17) is 4.52 Å². The highest BCUT2D eigenvalue weighted by atomic mass is 16.5. The van der Waals surface area contributed by atoms with Crippen LogP contribution in [0.25, 0.3) is 11.1 Å². The van der Waals surface area contributed by atoms with Gasteiger partial charge in [-0.15, -0.1) is 0 Å². The number of pyridine rings is 1. The monoisotopic (exact) mass is 288 g/mol. The Kier molecular flexibility index (Phi) is 3.63. The first-order valence-corrected chi connectivity index (χ1v) is 7.29. The number of fused-ring (bicyclic) bond motifs is 1. The molecule has 0 radical (unpaired) electrons. The normalized spacial score (nSPS) is 16.3. The van der Waals surface area contributed by atoms with E-state index in [1.807, 2.05) is 31.9 Å². The molecule has 6 nitrogen and oxygen atoms in total. The SMILES string of the molecule is Cc1cc(C(=O)N(C)C2CCNCC2)c2c(C)noc2n1. The van der Waals surface area contributed by atoms with Crippen molar-refractivity contribution in [2.24, 2.45) is 0 Å². The van der Waals surface area contributed by atoms with Gasteiger partial charge in [-0.1, -0.05) is 5.16 Å². The average molecular weight is 288 g/mol. The van der Waals surface area contributed by atoms with Gasteiger partial charge < -0.3 is 14.7 Å². The maximum atomic E-state index is 12.9. The number of nitrogens with zero attached hydrogens (tertiary/aromatic N) is 3. The summed E-state index contributed by atoms with van der Waals surface area (Å²) in [5.74, 6) is 0.0173. The molecule has 0 aliphatic carbocycles. The Balaban J connectivity index is 1.98. The third-order valence-electron chi connectivity index (χ3n) is 4.15. The van der Waals surface area contributed by atoms with Crippen molar-refractivity contribution in [2.75, 3.05) is 20.1 Å². The van der Waals surface area contributed by atoms with E-state index >= 15 is 0 Å². The molecule has 1 aliphatic heterocycles. The molecule has 1 fully saturated rings. The van der Waals surface area contributed by atoms with Gasteiger partial charge in [0.05, 0.1) is 16.6 Å². The van der Waals surface area contributed by atoms with E-state index in [1.54, 1.807) is 0 Å². The molecule has 21 heavy (non-hydrogen) atoms. The second kappa shape index (κ2) is 5.44. The summed E-state index contributed by atoms with van der Waals surface area (Å²) in [6.45, 7) is 5.61. The quantitative estimate of drug-likeness (QED) is 0.910. The van der Waals surface area contributed by atoms with Gasteiger partial charge in [0.1, 0.15) is 0 Å². The summed E-state index contributed by atoms with van der Waals surface area (Å²) in [6.07, 6.45) is 1.97. The lowest BCUT2D eigenvalue weighted by Gasteiger charge is -2.31. The molecule has 0 unspecified atom stereocenters. The van der Waals surface area contributed by atoms with Crippen molar-refractivity contribution in [3.8, 4) is 0 Å². The number of piperidine rings is 1. The number of carbonyl (C=O) groups is 1. The van der Waals surface area contributed by atoms with Crippen LogP contribution in [-0.2, 0) is 0 Å². The van der Waals surface area contributed by atoms with Gasteiger partial charge in [0.2, 0.25) is 0 Å². The lowest BCUT2D eigenvalue weighted by Crippen LogP contribution is -2.44. The summed E-state index contributed by atoms with van der Waals surface area (Å²) in [6, 6.07) is 2.11. The number of rotatable bonds is 2. The smallest absolute Gasteiger partial charge is 0.258 e. The third-order valence-corrected chi connectivity index (χ3v) is 4.15. The number of nitrogens with one attached hydrogen (secondary N) is 1. The predicted octanol–water partition coefficient (Wildman–Crippen LogP) is 1.66. The van der Waals surface area contributed by atoms with E-state index in [2.05, 4.69) is 15.5 Å². The first-order chi connectivity index (χ1) is 10.1. The first kappa shape index (κ1) is 14.0. The van der Waals surface area contributed by atoms with Gasteiger partial charge in [-0.3, -0.25) is 4.79 Å². The molecule has 2 aromatic heterocycles. The lowest BCUT2D eigenvalue weighted by molar-refractivity contribution is 0.0705. The zero-order valence-electron chi connectivity index (χ0n) is 12.6. The van der Waals surface area contributed by atoms with Crippen LogP contribution in [-0.4, -0.2) is 47.1 Å². The minimum atomic E-state index is 0.0173. The predicted molar refractivity (Wildman–Crippen MR) is 79.3 cm³/mol. The van der Waals surface area contributed by atoms with Crippen LogP contribution in [0.5, 0.6) is 0 Å². The zero-order valence-corrected chi connectivity index (χ0v) is 12.6. The molecule has 1 saturated heterocycles. The van der Waals surface area contributed by atoms with Crippen LogP contribution < -0.4 is 5.32 Å². The van der Waals surface area contributed by atoms with Crippen LogP contribution in [0, 0.1) is 13.8 Å². The van der Waals surface area contributed by atoms with Crippen LogP contribution in [0.4, 0.5) is 0 Å². The molecule has 0 aromatic carbocycles. The lowest BCUT2D eigenvalue weighted by atomic mass is 10.0. The van der Waals surface area contributed by atoms with E-state index in [0.717, 1.165) is 37.0 Å². The standard InChI is InChI=1S/C15H20N4O2/c1-9-8-12(13-10(2)18-21-14(13)17-9)15(20)19(3)11-4-6-16-7-5-11/h8,11,16H,4-7H2,1-3H3. The second-order valence-corrected chi connectivity index (χ2v) is 5.66. The van der Waals surface area contributed by atoms with Gasteiger partial charge in [-0.2, -0.15) is 0 Å². The van der Waals surface area contributed by atoms with Gasteiger partial charge in [0.25, 0.3) is 11.6 Å². The molecular weight excluding hydrogens is 268 g/mol. The van der Waals surface area contributed by atoms with Gasteiger partial charge in [0.15, 0.2) is 0 Å². The number of hydrogen-bond donors (Lipinski definition) is 1. The minimum Gasteiger partial charge on any atom is -0.339 e. The van der Waals surface area contributed by atoms with Gasteiger partial charge in [0, 0.05) is 18.8 Å². The van der Waals surface area contributed by atoms with E-state index in [0.29, 0.717) is 17.0 Å². The fraction of sp³-hybridized carbons (Fsp3) is 0.533. The van der Waals surface area contributed by atoms with E-state index in [1.165, 1.54) is 0 Å². The van der Waals surface area contributed by atoms with E-state index in [9.17, 15) is 4.79 Å². The fourth-order valence-corrected chi connectivity index (χ4v) is 2.94. The summed E-state index contributed by atoms with van der Waals surface area (Å²) in [5.41, 5.74) is 2.55. The largest absolute Gasteiger partial charge is 0.339 e. The molecular formula is C15H20N4O2. The highest BCUT2D eigenvalue weighted by Crippen LogP contribution is 2.24. The molecule has 1 aliphatic rings. The summed E-state index contributed by atoms with van der Waals surface area (Å²) in [4.78, 5) is 19.0. The zero-order chi connectivity index (χ0) is 15.0. The van der Waals surface area contributed by atoms with E-state index in [-0.39, 0.29) is 11.9 Å². The molecule has 1 N–H and O–H groups in total. The molecule has 2 aromatic rings. The Hall–Kier alpha value is -1.95. The van der Waals surface area contributed by atoms with Crippen LogP contribution in [0.2, 0.25) is 0 Å². The van der Waals surface area contributed by atoms with Crippen molar-refractivity contribution in [3.05, 3.63) is 23.0 Å². The number of carbonyl (C=O) groups excluding carboxylic acids is 1. The molecule has 0 saturated carbocycles. The Labute approximate surface area is 123 Å². The van der Waals surface area contributed by atoms with Crippen LogP contribution in [0.1, 0.15) is 34.6 Å². The molecule has 1 amide bonds. The molecule has 6 heteroatoms. The molecule has 0 atom stereocenters. The maximum Gasteiger partial charge on any atom is 0.258 e. The topological polar surface area (TPSA) is 71.3 Å². The van der Waals surface area contributed by atoms with Crippen molar-refractivity contribution in [1.82, 2.24) is 20.4 Å². The third kappa shape index (κ3) is 2.51. The van der Waals surface area contributed by atoms with Crippen LogP contribution >= 0.6 is 0 Å². The average Bonchev–Trinajstić information content (AvgIpc) is 2.87. The van der Waals surface area contributed by atoms with Gasteiger partial charge in [-0.05, 0) is 45.8 Å². The highest BCUT2D eigenvalue weighted by molar-refractivity contribution is 6.06. The molecule has 3 rings (SSSR count). The Morgan fingerprint density at radius 3 is 2.81 bits per heavy atom. The maximum absolute atomic E-state index is 12.9. The summed E-state index contributed by atoms with van der Waals surface area (Å²) in [5, 5.41) is 7.98. The van der Waals surface area contributed by atoms with Gasteiger partial charge in [-0.25, -0.2) is 4.98 Å². The van der Waals surface area contributed by atoms with Crippen molar-refractivity contribution < 1.29 is 9.32 Å². The molecule has 0 bridgehead atoms. The Bertz CT molecular complexity index is 674. The van der Waals surface area contributed by atoms with Crippen molar-refractivity contribution >= 4 is 17.0 Å². The number of aryl methyl sites for hydroxylation is 2. The molecule has 0 spiro atoms. The van der Waals surface area contributed by atoms with Crippen LogP contribution in [0.3, 0.4) is 0 Å². The number of hydrogen-bond acceptors (Lipinski definition) is 5. The highest BCUT2D eigenvalue weighted by Gasteiger charge is 2.26. The minimum absolute atomic E-state index is 0.0173. The van der Waals surface area contributed by atoms with Crippen LogP contribution in [0.15, 0.2) is 10.6 Å². The second-order valence-electron chi connectivity index (χ2n) is 5.66. The summed E-state index contributed by atoms with van der Waals surface area (Å²) in [7, 11) is 1.88. The number of amides is 1. The van der Waals surface area contributed by atoms with Gasteiger partial charge >= 0.3 is 0 Å². The summed E-state index contributed by atoms with van der Waals surface area (Å²) >= 11 is 0. The Morgan fingerprint density at radius 1 is 1.38 bits per heavy atom. The van der Waals surface area contributed by atoms with Crippen molar-refractivity contribution in [2.45, 2.75) is 32.7 Å². The van der Waals surface area contributed by atoms with E-state index < -0.39 is 0 Å². The fourth-order valence-electron chi connectivity index (χ4n) is 2.94. The Morgan fingerprint density at radius 2 is 2.10 bits per heavy atom. The molecule has 112 valence electrons. The summed E-state index contributed by atoms with van der Waals surface area (Å²) < 4.78 is 5.20. The first-order valence-electron chi connectivity index (χ1n) is 7.29. The van der Waals surface area contributed by atoms with Crippen molar-refractivity contribution in [1.29, 1.82) is 0 Å². The molecule has 3 heterocycles. The van der Waals surface area contributed by atoms with Crippen molar-refractivity contribution in [3.63, 3.8) is 0 Å².